The first-order chi connectivity index (χ1) is 13.4. The quantitative estimate of drug-likeness (QED) is 0.582. The number of nitrogens with one attached hydrogen (secondary N) is 1. The van der Waals surface area contributed by atoms with Crippen molar-refractivity contribution in [2.24, 2.45) is 16.3 Å². The van der Waals surface area contributed by atoms with Gasteiger partial charge in [-0.3, -0.25) is 14.6 Å². The normalized spacial score (nSPS) is 23.3. The van der Waals surface area contributed by atoms with Crippen LogP contribution in [-0.2, 0) is 9.59 Å². The number of rotatable bonds is 6. The molecule has 3 rings (SSSR count). The van der Waals surface area contributed by atoms with E-state index >= 15 is 0 Å². The molecule has 0 bridgehead atoms. The summed E-state index contributed by atoms with van der Waals surface area (Å²) >= 11 is 5.60. The molecular formula is C22H29N3O2S. The number of carbonyl (C=O) groups excluding carboxylic acids is 2. The molecule has 28 heavy (non-hydrogen) atoms. The molecule has 2 aliphatic rings. The number of nitrogens with zero attached hydrogens (tertiary/aromatic N) is 2. The fourth-order valence-electron chi connectivity index (χ4n) is 4.02. The van der Waals surface area contributed by atoms with E-state index in [1.54, 1.807) is 0 Å². The second-order valence-corrected chi connectivity index (χ2v) is 8.92. The first-order valence-electron chi connectivity index (χ1n) is 10.1. The molecule has 1 atom stereocenters. The van der Waals surface area contributed by atoms with E-state index in [1.165, 1.54) is 0 Å². The van der Waals surface area contributed by atoms with Crippen LogP contribution in [0.5, 0.6) is 0 Å². The minimum absolute atomic E-state index is 0.0975. The molecule has 2 fully saturated rings. The van der Waals surface area contributed by atoms with Crippen LogP contribution in [0.25, 0.3) is 0 Å². The number of hydrogen-bond acceptors (Lipinski definition) is 4. The van der Waals surface area contributed by atoms with E-state index in [-0.39, 0.29) is 17.1 Å². The summed E-state index contributed by atoms with van der Waals surface area (Å²) in [5, 5.41) is 3.22. The third kappa shape index (κ3) is 5.25. The van der Waals surface area contributed by atoms with Crippen LogP contribution in [0.4, 0.5) is 5.69 Å². The highest BCUT2D eigenvalue weighted by molar-refractivity contribution is 7.80. The lowest BCUT2D eigenvalue weighted by atomic mass is 9.71. The number of thiocarbonyl (C=S) groups is 1. The van der Waals surface area contributed by atoms with Crippen molar-refractivity contribution < 1.29 is 9.59 Å². The second-order valence-electron chi connectivity index (χ2n) is 8.48. The number of para-hydroxylation sites is 1. The Morgan fingerprint density at radius 2 is 2.00 bits per heavy atom. The summed E-state index contributed by atoms with van der Waals surface area (Å²) in [7, 11) is 0. The smallest absolute Gasteiger partial charge is 0.222 e. The highest BCUT2D eigenvalue weighted by Crippen LogP contribution is 2.35. The maximum atomic E-state index is 12.9. The highest BCUT2D eigenvalue weighted by atomic mass is 32.1. The number of hydrogen-bond donors (Lipinski definition) is 1. The molecule has 1 N–H and O–H groups in total. The fraction of sp³-hybridized carbons (Fsp3) is 0.545. The van der Waals surface area contributed by atoms with Crippen LogP contribution in [0, 0.1) is 11.3 Å². The van der Waals surface area contributed by atoms with E-state index in [0.717, 1.165) is 43.8 Å². The van der Waals surface area contributed by atoms with Gasteiger partial charge in [0.05, 0.1) is 4.99 Å². The molecule has 0 aromatic heterocycles. The summed E-state index contributed by atoms with van der Waals surface area (Å²) in [5.41, 5.74) is 1.67. The van der Waals surface area contributed by atoms with Crippen molar-refractivity contribution in [3.8, 4) is 0 Å². The molecule has 150 valence electrons. The SMILES string of the molecule is CC1(C)CC(=O)C(C(=S)Nc2ccccc2)C(=NCCCN2CCCC2=O)C1. The minimum atomic E-state index is -0.448. The molecule has 1 aromatic carbocycles. The second kappa shape index (κ2) is 8.95. The van der Waals surface area contributed by atoms with Crippen molar-refractivity contribution >= 4 is 40.3 Å². The Balaban J connectivity index is 1.67. The molecule has 6 heteroatoms. The van der Waals surface area contributed by atoms with Gasteiger partial charge in [-0.05, 0) is 36.8 Å². The van der Waals surface area contributed by atoms with Gasteiger partial charge >= 0.3 is 0 Å². The fourth-order valence-corrected chi connectivity index (χ4v) is 4.41. The van der Waals surface area contributed by atoms with Crippen molar-refractivity contribution in [3.05, 3.63) is 30.3 Å². The number of ketones is 1. The van der Waals surface area contributed by atoms with Gasteiger partial charge in [0.15, 0.2) is 0 Å². The summed E-state index contributed by atoms with van der Waals surface area (Å²) in [6, 6.07) is 9.69. The zero-order valence-electron chi connectivity index (χ0n) is 16.7. The number of aliphatic imine (C=N–C) groups is 1. The Kier molecular flexibility index (Phi) is 6.60. The van der Waals surface area contributed by atoms with Crippen LogP contribution in [0.3, 0.4) is 0 Å². The number of amides is 1. The van der Waals surface area contributed by atoms with Gasteiger partial charge in [-0.1, -0.05) is 44.3 Å². The lowest BCUT2D eigenvalue weighted by molar-refractivity contribution is -0.127. The van der Waals surface area contributed by atoms with E-state index in [0.29, 0.717) is 24.4 Å². The summed E-state index contributed by atoms with van der Waals surface area (Å²) in [6.45, 7) is 6.42. The van der Waals surface area contributed by atoms with Gasteiger partial charge in [-0.2, -0.15) is 0 Å². The third-order valence-electron chi connectivity index (χ3n) is 5.34. The molecule has 1 aromatic rings. The molecule has 1 saturated heterocycles. The van der Waals surface area contributed by atoms with Crippen molar-refractivity contribution in [2.75, 3.05) is 25.0 Å². The predicted octanol–water partition coefficient (Wildman–Crippen LogP) is 3.88. The standard InChI is InChI=1S/C22H29N3O2S/c1-22(2)14-17(23-11-7-13-25-12-6-10-19(25)27)20(18(26)15-22)21(28)24-16-8-4-3-5-9-16/h3-5,8-9,20H,6-7,10-15H2,1-2H3,(H,24,28). The topological polar surface area (TPSA) is 61.8 Å². The van der Waals surface area contributed by atoms with E-state index in [9.17, 15) is 9.59 Å². The molecule has 1 aliphatic heterocycles. The van der Waals surface area contributed by atoms with Crippen molar-refractivity contribution in [1.29, 1.82) is 0 Å². The minimum Gasteiger partial charge on any atom is -0.349 e. The maximum absolute atomic E-state index is 12.9. The van der Waals surface area contributed by atoms with Gasteiger partial charge in [-0.15, -0.1) is 0 Å². The Morgan fingerprint density at radius 3 is 2.68 bits per heavy atom. The lowest BCUT2D eigenvalue weighted by Crippen LogP contribution is -2.43. The van der Waals surface area contributed by atoms with Gasteiger partial charge in [-0.25, -0.2) is 0 Å². The van der Waals surface area contributed by atoms with Crippen LogP contribution in [0.15, 0.2) is 35.3 Å². The molecule has 1 heterocycles. The zero-order chi connectivity index (χ0) is 20.1. The van der Waals surface area contributed by atoms with Crippen molar-refractivity contribution in [3.63, 3.8) is 0 Å². The third-order valence-corrected chi connectivity index (χ3v) is 5.68. The average molecular weight is 400 g/mol. The van der Waals surface area contributed by atoms with Gasteiger partial charge in [0.25, 0.3) is 0 Å². The van der Waals surface area contributed by atoms with E-state index in [2.05, 4.69) is 19.2 Å². The summed E-state index contributed by atoms with van der Waals surface area (Å²) in [6.07, 6.45) is 3.71. The maximum Gasteiger partial charge on any atom is 0.222 e. The average Bonchev–Trinajstić information content (AvgIpc) is 3.03. The van der Waals surface area contributed by atoms with E-state index in [1.807, 2.05) is 35.2 Å². The number of carbonyl (C=O) groups is 2. The Morgan fingerprint density at radius 1 is 1.25 bits per heavy atom. The summed E-state index contributed by atoms with van der Waals surface area (Å²) in [4.78, 5) is 31.8. The van der Waals surface area contributed by atoms with Crippen molar-refractivity contribution in [2.45, 2.75) is 46.0 Å². The molecule has 1 aliphatic carbocycles. The first-order valence-corrected chi connectivity index (χ1v) is 10.5. The lowest BCUT2D eigenvalue weighted by Gasteiger charge is -2.35. The highest BCUT2D eigenvalue weighted by Gasteiger charge is 2.40. The van der Waals surface area contributed by atoms with Gasteiger partial charge in [0, 0.05) is 43.9 Å². The van der Waals surface area contributed by atoms with Crippen LogP contribution in [0.1, 0.15) is 46.0 Å². The first kappa shape index (κ1) is 20.6. The number of benzene rings is 1. The van der Waals surface area contributed by atoms with Crippen LogP contribution >= 0.6 is 12.2 Å². The monoisotopic (exact) mass is 399 g/mol. The van der Waals surface area contributed by atoms with E-state index < -0.39 is 5.92 Å². The number of Topliss-reactive ketones (excluding diaryl/α,β-unsaturated/α-hetero) is 1. The largest absolute Gasteiger partial charge is 0.349 e. The molecule has 1 unspecified atom stereocenters. The molecular weight excluding hydrogens is 370 g/mol. The molecule has 1 amide bonds. The zero-order valence-corrected chi connectivity index (χ0v) is 17.6. The van der Waals surface area contributed by atoms with Gasteiger partial charge < -0.3 is 10.2 Å². The van der Waals surface area contributed by atoms with E-state index in [4.69, 9.17) is 17.2 Å². The van der Waals surface area contributed by atoms with Crippen molar-refractivity contribution in [1.82, 2.24) is 4.90 Å². The van der Waals surface area contributed by atoms with Gasteiger partial charge in [0.1, 0.15) is 11.7 Å². The molecule has 5 nitrogen and oxygen atoms in total. The molecule has 0 spiro atoms. The summed E-state index contributed by atoms with van der Waals surface area (Å²) in [5.74, 6) is -0.0671. The summed E-state index contributed by atoms with van der Waals surface area (Å²) < 4.78 is 0. The molecule has 0 radical (unpaired) electrons. The predicted molar refractivity (Wildman–Crippen MR) is 117 cm³/mol. The van der Waals surface area contributed by atoms with Crippen LogP contribution < -0.4 is 5.32 Å². The number of likely N-dealkylation sites (tertiary alicyclic amines) is 1. The molecule has 1 saturated carbocycles. The number of anilines is 1. The van der Waals surface area contributed by atoms with Crippen LogP contribution in [0.2, 0.25) is 0 Å². The Labute approximate surface area is 172 Å². The van der Waals surface area contributed by atoms with Gasteiger partial charge in [0.2, 0.25) is 5.91 Å². The Hall–Kier alpha value is -2.08. The Bertz CT molecular complexity index is 773. The van der Waals surface area contributed by atoms with Crippen LogP contribution in [-0.4, -0.2) is 46.9 Å².